The minimum absolute atomic E-state index is 0.157. The van der Waals surface area contributed by atoms with E-state index < -0.39 is 6.16 Å². The van der Waals surface area contributed by atoms with Crippen molar-refractivity contribution in [2.75, 3.05) is 0 Å². The van der Waals surface area contributed by atoms with E-state index in [4.69, 9.17) is 5.11 Å². The lowest BCUT2D eigenvalue weighted by molar-refractivity contribution is 0.140. The summed E-state index contributed by atoms with van der Waals surface area (Å²) < 4.78 is 5.45. The Morgan fingerprint density at radius 1 is 1.90 bits per heavy atom. The Bertz CT molecular complexity index is 244. The van der Waals surface area contributed by atoms with Gasteiger partial charge in [-0.3, -0.25) is 4.68 Å². The lowest BCUT2D eigenvalue weighted by Crippen LogP contribution is -2.04. The summed E-state index contributed by atoms with van der Waals surface area (Å²) in [6.07, 6.45) is -0.0654. The van der Waals surface area contributed by atoms with Crippen molar-refractivity contribution in [3.05, 3.63) is 6.33 Å². The van der Waals surface area contributed by atoms with Gasteiger partial charge in [0.15, 0.2) is 0 Å². The average molecular weight is 143 g/mol. The zero-order valence-electron chi connectivity index (χ0n) is 5.18. The molecule has 1 aromatic rings. The quantitative estimate of drug-likeness (QED) is 0.554. The molecule has 10 heavy (non-hydrogen) atoms. The van der Waals surface area contributed by atoms with Gasteiger partial charge in [-0.1, -0.05) is 0 Å². The van der Waals surface area contributed by atoms with E-state index in [1.807, 2.05) is 0 Å². The summed E-state index contributed by atoms with van der Waals surface area (Å²) in [5.41, 5.74) is 0. The van der Waals surface area contributed by atoms with Gasteiger partial charge in [-0.05, 0) is 0 Å². The van der Waals surface area contributed by atoms with Crippen LogP contribution in [0.25, 0.3) is 0 Å². The number of nitrogens with zero attached hydrogens (tertiary/aromatic N) is 3. The molecular weight excluding hydrogens is 138 g/mol. The molecule has 0 amide bonds. The fourth-order valence-corrected chi connectivity index (χ4v) is 0.444. The van der Waals surface area contributed by atoms with Crippen molar-refractivity contribution < 1.29 is 14.6 Å². The molecule has 0 saturated heterocycles. The molecule has 0 atom stereocenters. The highest BCUT2D eigenvalue weighted by molar-refractivity contribution is 5.59. The number of aryl methyl sites for hydroxylation is 1. The third kappa shape index (κ3) is 1.44. The maximum absolute atomic E-state index is 9.87. The van der Waals surface area contributed by atoms with Gasteiger partial charge >= 0.3 is 12.2 Å². The Morgan fingerprint density at radius 3 is 3.00 bits per heavy atom. The zero-order valence-corrected chi connectivity index (χ0v) is 5.18. The molecular formula is C4H5N3O3. The summed E-state index contributed by atoms with van der Waals surface area (Å²) in [7, 11) is 1.61. The van der Waals surface area contributed by atoms with E-state index >= 15 is 0 Å². The molecule has 0 radical (unpaired) electrons. The van der Waals surface area contributed by atoms with Crippen LogP contribution in [0.1, 0.15) is 0 Å². The summed E-state index contributed by atoms with van der Waals surface area (Å²) in [5, 5.41) is 11.6. The fourth-order valence-electron chi connectivity index (χ4n) is 0.444. The molecule has 6 heteroatoms. The first kappa shape index (κ1) is 6.53. The summed E-state index contributed by atoms with van der Waals surface area (Å²) in [6.45, 7) is 0. The van der Waals surface area contributed by atoms with Gasteiger partial charge in [-0.25, -0.2) is 4.79 Å². The number of aromatic nitrogens is 3. The molecule has 1 rings (SSSR count). The molecule has 0 spiro atoms. The first-order chi connectivity index (χ1) is 4.68. The smallest absolute Gasteiger partial charge is 0.449 e. The molecule has 0 aliphatic rings. The number of carbonyl (C=O) groups is 1. The summed E-state index contributed by atoms with van der Waals surface area (Å²) in [4.78, 5) is 13.4. The molecule has 0 bridgehead atoms. The van der Waals surface area contributed by atoms with Crippen molar-refractivity contribution in [2.24, 2.45) is 7.05 Å². The van der Waals surface area contributed by atoms with E-state index in [1.54, 1.807) is 7.05 Å². The third-order valence-corrected chi connectivity index (χ3v) is 0.757. The topological polar surface area (TPSA) is 77.2 Å². The van der Waals surface area contributed by atoms with Crippen LogP contribution >= 0.6 is 0 Å². The van der Waals surface area contributed by atoms with E-state index in [9.17, 15) is 4.79 Å². The Hall–Kier alpha value is -1.59. The van der Waals surface area contributed by atoms with Gasteiger partial charge in [0.1, 0.15) is 6.33 Å². The summed E-state index contributed by atoms with van der Waals surface area (Å²) >= 11 is 0. The van der Waals surface area contributed by atoms with Crippen molar-refractivity contribution in [2.45, 2.75) is 0 Å². The highest BCUT2D eigenvalue weighted by Crippen LogP contribution is 1.97. The Labute approximate surface area is 56.1 Å². The molecule has 1 aromatic heterocycles. The Morgan fingerprint density at radius 2 is 2.60 bits per heavy atom. The minimum atomic E-state index is -1.41. The van der Waals surface area contributed by atoms with Gasteiger partial charge in [0.05, 0.1) is 0 Å². The first-order valence-electron chi connectivity index (χ1n) is 2.45. The van der Waals surface area contributed by atoms with E-state index in [-0.39, 0.29) is 6.01 Å². The second-order valence-electron chi connectivity index (χ2n) is 1.57. The van der Waals surface area contributed by atoms with Crippen molar-refractivity contribution in [3.63, 3.8) is 0 Å². The van der Waals surface area contributed by atoms with Crippen molar-refractivity contribution in [1.82, 2.24) is 14.8 Å². The number of ether oxygens (including phenoxy) is 1. The highest BCUT2D eigenvalue weighted by Gasteiger charge is 2.03. The molecule has 6 nitrogen and oxygen atoms in total. The molecule has 0 saturated carbocycles. The van der Waals surface area contributed by atoms with Crippen LogP contribution in [0.15, 0.2) is 6.33 Å². The second-order valence-corrected chi connectivity index (χ2v) is 1.57. The van der Waals surface area contributed by atoms with Crippen LogP contribution < -0.4 is 4.74 Å². The van der Waals surface area contributed by atoms with Gasteiger partial charge < -0.3 is 9.84 Å². The van der Waals surface area contributed by atoms with Gasteiger partial charge in [-0.2, -0.15) is 4.98 Å². The lowest BCUT2D eigenvalue weighted by Gasteiger charge is -1.88. The van der Waals surface area contributed by atoms with Gasteiger partial charge in [0.2, 0.25) is 0 Å². The van der Waals surface area contributed by atoms with Crippen LogP contribution in [0.3, 0.4) is 0 Å². The minimum Gasteiger partial charge on any atom is -0.449 e. The largest absolute Gasteiger partial charge is 0.513 e. The molecule has 0 fully saturated rings. The molecule has 54 valence electrons. The van der Waals surface area contributed by atoms with Crippen LogP contribution in [-0.2, 0) is 7.05 Å². The van der Waals surface area contributed by atoms with Crippen LogP contribution in [0, 0.1) is 0 Å². The number of hydrogen-bond donors (Lipinski definition) is 1. The Kier molecular flexibility index (Phi) is 1.53. The SMILES string of the molecule is Cn1cnc(OC(=O)O)n1. The molecule has 1 N–H and O–H groups in total. The van der Waals surface area contributed by atoms with Gasteiger partial charge in [0.25, 0.3) is 0 Å². The summed E-state index contributed by atoms with van der Waals surface area (Å²) in [6, 6.07) is -0.157. The predicted molar refractivity (Wildman–Crippen MR) is 29.7 cm³/mol. The van der Waals surface area contributed by atoms with Crippen LogP contribution in [0.4, 0.5) is 4.79 Å². The van der Waals surface area contributed by atoms with Gasteiger partial charge in [0, 0.05) is 7.05 Å². The average Bonchev–Trinajstić information content (AvgIpc) is 2.13. The standard InChI is InChI=1S/C4H5N3O3/c1-7-2-5-3(6-7)10-4(8)9/h2H,1H3,(H,8,9). The van der Waals surface area contributed by atoms with E-state index in [0.717, 1.165) is 0 Å². The lowest BCUT2D eigenvalue weighted by atomic mass is 11.1. The number of rotatable bonds is 1. The van der Waals surface area contributed by atoms with Crippen LogP contribution in [-0.4, -0.2) is 26.0 Å². The number of carboxylic acid groups (broad SMARTS) is 1. The molecule has 0 aromatic carbocycles. The molecule has 0 aliphatic heterocycles. The van der Waals surface area contributed by atoms with Crippen molar-refractivity contribution in [1.29, 1.82) is 0 Å². The number of hydrogen-bond acceptors (Lipinski definition) is 4. The predicted octanol–water partition coefficient (Wildman–Crippen LogP) is -0.128. The fraction of sp³-hybridized carbons (Fsp3) is 0.250. The third-order valence-electron chi connectivity index (χ3n) is 0.757. The monoisotopic (exact) mass is 143 g/mol. The maximum Gasteiger partial charge on any atom is 0.513 e. The van der Waals surface area contributed by atoms with E-state index in [2.05, 4.69) is 14.8 Å². The maximum atomic E-state index is 9.87. The highest BCUT2D eigenvalue weighted by atomic mass is 16.7. The molecule has 0 unspecified atom stereocenters. The Balaban J connectivity index is 2.67. The second kappa shape index (κ2) is 2.34. The van der Waals surface area contributed by atoms with E-state index in [0.29, 0.717) is 0 Å². The first-order valence-corrected chi connectivity index (χ1v) is 2.45. The molecule has 0 aliphatic carbocycles. The van der Waals surface area contributed by atoms with E-state index in [1.165, 1.54) is 11.0 Å². The molecule has 1 heterocycles. The van der Waals surface area contributed by atoms with Crippen LogP contribution in [0.2, 0.25) is 0 Å². The summed E-state index contributed by atoms with van der Waals surface area (Å²) in [5.74, 6) is 0. The normalized spacial score (nSPS) is 9.30. The zero-order chi connectivity index (χ0) is 7.56. The van der Waals surface area contributed by atoms with Crippen molar-refractivity contribution in [3.8, 4) is 6.01 Å². The van der Waals surface area contributed by atoms with Crippen molar-refractivity contribution >= 4 is 6.16 Å². The van der Waals surface area contributed by atoms with Crippen LogP contribution in [0.5, 0.6) is 6.01 Å². The van der Waals surface area contributed by atoms with Gasteiger partial charge in [-0.15, -0.1) is 5.10 Å².